The van der Waals surface area contributed by atoms with Crippen molar-refractivity contribution in [3.05, 3.63) is 30.3 Å². The third-order valence-electron chi connectivity index (χ3n) is 2.73. The lowest BCUT2D eigenvalue weighted by Crippen LogP contribution is -2.36. The second kappa shape index (κ2) is 5.54. The standard InChI is InChI=1S/C12H17NOS/c14-12(11-7-4-8-13-11)9-15-10-5-2-1-3-6-10/h1-3,5-6,11-14H,4,7-9H2/t11-,12+/m0/s1. The van der Waals surface area contributed by atoms with E-state index in [0.29, 0.717) is 6.04 Å². The predicted molar refractivity (Wildman–Crippen MR) is 64.2 cm³/mol. The van der Waals surface area contributed by atoms with Crippen LogP contribution in [0.3, 0.4) is 0 Å². The molecule has 0 unspecified atom stereocenters. The van der Waals surface area contributed by atoms with Crippen molar-refractivity contribution >= 4 is 11.8 Å². The molecule has 0 amide bonds. The molecule has 3 heteroatoms. The number of rotatable bonds is 4. The summed E-state index contributed by atoms with van der Waals surface area (Å²) in [7, 11) is 0. The number of thioether (sulfide) groups is 1. The van der Waals surface area contributed by atoms with Gasteiger partial charge in [0.15, 0.2) is 0 Å². The fourth-order valence-corrected chi connectivity index (χ4v) is 2.80. The Morgan fingerprint density at radius 1 is 1.40 bits per heavy atom. The fraction of sp³-hybridized carbons (Fsp3) is 0.500. The van der Waals surface area contributed by atoms with Crippen molar-refractivity contribution in [1.82, 2.24) is 5.32 Å². The molecule has 0 saturated carbocycles. The minimum absolute atomic E-state index is 0.224. The van der Waals surface area contributed by atoms with Gasteiger partial charge in [0, 0.05) is 16.7 Å². The van der Waals surface area contributed by atoms with Gasteiger partial charge in [0.25, 0.3) is 0 Å². The molecule has 15 heavy (non-hydrogen) atoms. The number of nitrogens with one attached hydrogen (secondary N) is 1. The van der Waals surface area contributed by atoms with Crippen LogP contribution in [-0.4, -0.2) is 29.5 Å². The zero-order chi connectivity index (χ0) is 10.5. The Bertz CT molecular complexity index is 285. The molecule has 1 aliphatic heterocycles. The lowest BCUT2D eigenvalue weighted by Gasteiger charge is -2.17. The average molecular weight is 223 g/mol. The van der Waals surface area contributed by atoms with Crippen LogP contribution in [0.1, 0.15) is 12.8 Å². The number of hydrogen-bond donors (Lipinski definition) is 2. The highest BCUT2D eigenvalue weighted by Gasteiger charge is 2.22. The Balaban J connectivity index is 1.77. The molecule has 0 bridgehead atoms. The first-order chi connectivity index (χ1) is 7.36. The lowest BCUT2D eigenvalue weighted by atomic mass is 10.1. The van der Waals surface area contributed by atoms with E-state index in [1.807, 2.05) is 18.2 Å². The molecule has 2 N–H and O–H groups in total. The monoisotopic (exact) mass is 223 g/mol. The molecule has 1 fully saturated rings. The van der Waals surface area contributed by atoms with Gasteiger partial charge < -0.3 is 10.4 Å². The Hall–Kier alpha value is -0.510. The highest BCUT2D eigenvalue weighted by atomic mass is 32.2. The maximum absolute atomic E-state index is 9.93. The maximum atomic E-state index is 9.93. The van der Waals surface area contributed by atoms with Crippen molar-refractivity contribution in [1.29, 1.82) is 0 Å². The van der Waals surface area contributed by atoms with Crippen LogP contribution in [-0.2, 0) is 0 Å². The molecule has 0 aliphatic carbocycles. The summed E-state index contributed by atoms with van der Waals surface area (Å²) >= 11 is 1.73. The Kier molecular flexibility index (Phi) is 4.06. The quantitative estimate of drug-likeness (QED) is 0.765. The van der Waals surface area contributed by atoms with Crippen LogP contribution in [0, 0.1) is 0 Å². The van der Waals surface area contributed by atoms with Gasteiger partial charge in [-0.25, -0.2) is 0 Å². The number of aliphatic hydroxyl groups excluding tert-OH is 1. The van der Waals surface area contributed by atoms with Crippen LogP contribution < -0.4 is 5.32 Å². The van der Waals surface area contributed by atoms with Gasteiger partial charge >= 0.3 is 0 Å². The van der Waals surface area contributed by atoms with Crippen LogP contribution in [0.5, 0.6) is 0 Å². The van der Waals surface area contributed by atoms with E-state index < -0.39 is 0 Å². The summed E-state index contributed by atoms with van der Waals surface area (Å²) < 4.78 is 0. The summed E-state index contributed by atoms with van der Waals surface area (Å²) in [5, 5.41) is 13.3. The van der Waals surface area contributed by atoms with Crippen LogP contribution in [0.2, 0.25) is 0 Å². The van der Waals surface area contributed by atoms with E-state index in [4.69, 9.17) is 0 Å². The molecule has 82 valence electrons. The van der Waals surface area contributed by atoms with Gasteiger partial charge in [-0.05, 0) is 31.5 Å². The third kappa shape index (κ3) is 3.23. The molecule has 1 heterocycles. The van der Waals surface area contributed by atoms with Crippen molar-refractivity contribution in [3.8, 4) is 0 Å². The van der Waals surface area contributed by atoms with Gasteiger partial charge in [-0.2, -0.15) is 0 Å². The van der Waals surface area contributed by atoms with Crippen LogP contribution in [0.15, 0.2) is 35.2 Å². The maximum Gasteiger partial charge on any atom is 0.0786 e. The van der Waals surface area contributed by atoms with Crippen molar-refractivity contribution in [3.63, 3.8) is 0 Å². The van der Waals surface area contributed by atoms with Gasteiger partial charge in [-0.1, -0.05) is 18.2 Å². The van der Waals surface area contributed by atoms with E-state index in [2.05, 4.69) is 17.4 Å². The Morgan fingerprint density at radius 2 is 2.20 bits per heavy atom. The largest absolute Gasteiger partial charge is 0.391 e. The van der Waals surface area contributed by atoms with Gasteiger partial charge in [-0.3, -0.25) is 0 Å². The number of aliphatic hydroxyl groups is 1. The van der Waals surface area contributed by atoms with E-state index in [-0.39, 0.29) is 6.10 Å². The molecule has 1 aliphatic rings. The first-order valence-electron chi connectivity index (χ1n) is 5.45. The normalized spacial score (nSPS) is 22.9. The summed E-state index contributed by atoms with van der Waals surface area (Å²) in [6, 6.07) is 10.5. The predicted octanol–water partition coefficient (Wildman–Crippen LogP) is 1.89. The smallest absolute Gasteiger partial charge is 0.0786 e. The van der Waals surface area contributed by atoms with Crippen molar-refractivity contribution in [2.45, 2.75) is 29.9 Å². The fourth-order valence-electron chi connectivity index (χ4n) is 1.85. The highest BCUT2D eigenvalue weighted by molar-refractivity contribution is 7.99. The molecule has 1 saturated heterocycles. The van der Waals surface area contributed by atoms with E-state index in [9.17, 15) is 5.11 Å². The summed E-state index contributed by atoms with van der Waals surface area (Å²) in [6.07, 6.45) is 2.08. The van der Waals surface area contributed by atoms with Gasteiger partial charge in [0.05, 0.1) is 6.10 Å². The van der Waals surface area contributed by atoms with Crippen LogP contribution in [0.25, 0.3) is 0 Å². The minimum atomic E-state index is -0.224. The van der Waals surface area contributed by atoms with E-state index in [0.717, 1.165) is 18.7 Å². The third-order valence-corrected chi connectivity index (χ3v) is 3.84. The van der Waals surface area contributed by atoms with E-state index in [1.54, 1.807) is 11.8 Å². The van der Waals surface area contributed by atoms with Crippen molar-refractivity contribution in [2.75, 3.05) is 12.3 Å². The molecule has 2 atom stereocenters. The van der Waals surface area contributed by atoms with Crippen LogP contribution >= 0.6 is 11.8 Å². The zero-order valence-electron chi connectivity index (χ0n) is 8.73. The zero-order valence-corrected chi connectivity index (χ0v) is 9.54. The van der Waals surface area contributed by atoms with Gasteiger partial charge in [0.2, 0.25) is 0 Å². The van der Waals surface area contributed by atoms with Crippen LogP contribution in [0.4, 0.5) is 0 Å². The molecule has 0 spiro atoms. The second-order valence-corrected chi connectivity index (χ2v) is 4.99. The number of benzene rings is 1. The number of hydrogen-bond acceptors (Lipinski definition) is 3. The molecular weight excluding hydrogens is 206 g/mol. The Labute approximate surface area is 95.1 Å². The first-order valence-corrected chi connectivity index (χ1v) is 6.44. The van der Waals surface area contributed by atoms with Crippen molar-refractivity contribution < 1.29 is 5.11 Å². The van der Waals surface area contributed by atoms with Gasteiger partial charge in [0.1, 0.15) is 0 Å². The van der Waals surface area contributed by atoms with E-state index in [1.165, 1.54) is 11.3 Å². The molecule has 0 aromatic heterocycles. The summed E-state index contributed by atoms with van der Waals surface area (Å²) in [5.74, 6) is 0.779. The average Bonchev–Trinajstić information content (AvgIpc) is 2.81. The minimum Gasteiger partial charge on any atom is -0.391 e. The molecule has 2 rings (SSSR count). The second-order valence-electron chi connectivity index (χ2n) is 3.89. The lowest BCUT2D eigenvalue weighted by molar-refractivity contribution is 0.159. The molecule has 2 nitrogen and oxygen atoms in total. The SMILES string of the molecule is O[C@H](CSc1ccccc1)[C@@H]1CCCN1. The highest BCUT2D eigenvalue weighted by Crippen LogP contribution is 2.20. The molecule has 0 radical (unpaired) electrons. The van der Waals surface area contributed by atoms with Gasteiger partial charge in [-0.15, -0.1) is 11.8 Å². The molecule has 1 aromatic rings. The Morgan fingerprint density at radius 3 is 2.87 bits per heavy atom. The summed E-state index contributed by atoms with van der Waals surface area (Å²) in [4.78, 5) is 1.23. The summed E-state index contributed by atoms with van der Waals surface area (Å²) in [5.41, 5.74) is 0. The van der Waals surface area contributed by atoms with Crippen molar-refractivity contribution in [2.24, 2.45) is 0 Å². The summed E-state index contributed by atoms with van der Waals surface area (Å²) in [6.45, 7) is 1.05. The molecular formula is C12H17NOS. The topological polar surface area (TPSA) is 32.3 Å². The first kappa shape index (κ1) is 11.0. The van der Waals surface area contributed by atoms with E-state index >= 15 is 0 Å². The molecule has 1 aromatic carbocycles.